The SMILES string of the molecule is CC.O=C1C=CCC(CCSc2ccc(C(F)(F)F)cn2)C1. The van der Waals surface area contributed by atoms with Gasteiger partial charge in [0.2, 0.25) is 0 Å². The molecule has 0 saturated heterocycles. The van der Waals surface area contributed by atoms with Crippen LogP contribution in [0.5, 0.6) is 0 Å². The van der Waals surface area contributed by atoms with Gasteiger partial charge in [0.1, 0.15) is 0 Å². The summed E-state index contributed by atoms with van der Waals surface area (Å²) in [7, 11) is 0. The summed E-state index contributed by atoms with van der Waals surface area (Å²) in [6.45, 7) is 4.00. The molecule has 1 aliphatic rings. The van der Waals surface area contributed by atoms with E-state index in [0.29, 0.717) is 17.4 Å². The lowest BCUT2D eigenvalue weighted by molar-refractivity contribution is -0.137. The normalized spacial score (nSPS) is 17.9. The molecule has 122 valence electrons. The zero-order chi connectivity index (χ0) is 16.6. The number of ketones is 1. The molecule has 1 aromatic heterocycles. The molecular formula is C16H20F3NOS. The van der Waals surface area contributed by atoms with E-state index in [1.54, 1.807) is 6.08 Å². The molecule has 0 amide bonds. The van der Waals surface area contributed by atoms with Crippen molar-refractivity contribution < 1.29 is 18.0 Å². The first-order valence-corrected chi connectivity index (χ1v) is 8.29. The monoisotopic (exact) mass is 331 g/mol. The van der Waals surface area contributed by atoms with Gasteiger partial charge in [-0.2, -0.15) is 13.2 Å². The molecule has 2 rings (SSSR count). The smallest absolute Gasteiger partial charge is 0.295 e. The fourth-order valence-electron chi connectivity index (χ4n) is 2.01. The number of hydrogen-bond donors (Lipinski definition) is 0. The van der Waals surface area contributed by atoms with Crippen molar-refractivity contribution in [1.82, 2.24) is 4.98 Å². The van der Waals surface area contributed by atoms with E-state index in [9.17, 15) is 18.0 Å². The number of rotatable bonds is 4. The second-order valence-corrected chi connectivity index (χ2v) is 5.81. The third-order valence-corrected chi connectivity index (χ3v) is 4.08. The van der Waals surface area contributed by atoms with Crippen LogP contribution >= 0.6 is 11.8 Å². The van der Waals surface area contributed by atoms with Gasteiger partial charge in [-0.25, -0.2) is 4.98 Å². The van der Waals surface area contributed by atoms with Crippen LogP contribution in [0, 0.1) is 5.92 Å². The van der Waals surface area contributed by atoms with Crippen molar-refractivity contribution in [2.24, 2.45) is 5.92 Å². The quantitative estimate of drug-likeness (QED) is 0.715. The van der Waals surface area contributed by atoms with E-state index >= 15 is 0 Å². The highest BCUT2D eigenvalue weighted by atomic mass is 32.2. The molecule has 0 N–H and O–H groups in total. The van der Waals surface area contributed by atoms with Crippen LogP contribution in [0.1, 0.15) is 38.7 Å². The van der Waals surface area contributed by atoms with Crippen molar-refractivity contribution in [2.75, 3.05) is 5.75 Å². The van der Waals surface area contributed by atoms with E-state index in [4.69, 9.17) is 0 Å². The zero-order valence-electron chi connectivity index (χ0n) is 12.7. The fraction of sp³-hybridized carbons (Fsp3) is 0.500. The molecule has 1 aromatic rings. The highest BCUT2D eigenvalue weighted by molar-refractivity contribution is 7.99. The molecule has 0 bridgehead atoms. The van der Waals surface area contributed by atoms with Gasteiger partial charge < -0.3 is 0 Å². The van der Waals surface area contributed by atoms with Crippen molar-refractivity contribution in [3.05, 3.63) is 36.0 Å². The molecular weight excluding hydrogens is 311 g/mol. The fourth-order valence-corrected chi connectivity index (χ4v) is 2.96. The average Bonchev–Trinajstić information content (AvgIpc) is 2.49. The second kappa shape index (κ2) is 8.98. The summed E-state index contributed by atoms with van der Waals surface area (Å²) in [6.07, 6.45) is 2.34. The summed E-state index contributed by atoms with van der Waals surface area (Å²) in [5.41, 5.74) is -0.732. The number of carbonyl (C=O) groups excluding carboxylic acids is 1. The lowest BCUT2D eigenvalue weighted by Gasteiger charge is -2.16. The van der Waals surface area contributed by atoms with Gasteiger partial charge in [-0.15, -0.1) is 11.8 Å². The highest BCUT2D eigenvalue weighted by Gasteiger charge is 2.30. The summed E-state index contributed by atoms with van der Waals surface area (Å²) in [4.78, 5) is 15.0. The molecule has 0 radical (unpaired) electrons. The number of hydrogen-bond acceptors (Lipinski definition) is 3. The van der Waals surface area contributed by atoms with Crippen molar-refractivity contribution >= 4 is 17.5 Å². The molecule has 1 aliphatic carbocycles. The van der Waals surface area contributed by atoms with Gasteiger partial charge in [0.25, 0.3) is 0 Å². The Bertz CT molecular complexity index is 497. The molecule has 1 atom stereocenters. The van der Waals surface area contributed by atoms with Crippen LogP contribution in [0.15, 0.2) is 35.5 Å². The van der Waals surface area contributed by atoms with E-state index in [1.165, 1.54) is 17.8 Å². The van der Waals surface area contributed by atoms with Gasteiger partial charge >= 0.3 is 6.18 Å². The van der Waals surface area contributed by atoms with Crippen LogP contribution in [-0.2, 0) is 11.0 Å². The van der Waals surface area contributed by atoms with Crippen molar-refractivity contribution in [3.8, 4) is 0 Å². The minimum Gasteiger partial charge on any atom is -0.295 e. The Labute approximate surface area is 133 Å². The highest BCUT2D eigenvalue weighted by Crippen LogP contribution is 2.30. The summed E-state index contributed by atoms with van der Waals surface area (Å²) in [5, 5.41) is 0.579. The van der Waals surface area contributed by atoms with Crippen molar-refractivity contribution in [1.29, 1.82) is 0 Å². The molecule has 6 heteroatoms. The molecule has 22 heavy (non-hydrogen) atoms. The Morgan fingerprint density at radius 3 is 2.59 bits per heavy atom. The largest absolute Gasteiger partial charge is 0.417 e. The van der Waals surface area contributed by atoms with Crippen LogP contribution in [0.2, 0.25) is 0 Å². The number of aromatic nitrogens is 1. The summed E-state index contributed by atoms with van der Waals surface area (Å²) >= 11 is 1.42. The van der Waals surface area contributed by atoms with Crippen molar-refractivity contribution in [2.45, 2.75) is 44.3 Å². The number of nitrogens with zero attached hydrogens (tertiary/aromatic N) is 1. The molecule has 0 aliphatic heterocycles. The second-order valence-electron chi connectivity index (χ2n) is 4.69. The zero-order valence-corrected chi connectivity index (χ0v) is 13.5. The maximum absolute atomic E-state index is 12.4. The lowest BCUT2D eigenvalue weighted by Crippen LogP contribution is -2.11. The Hall–Kier alpha value is -1.30. The molecule has 0 spiro atoms. The van der Waals surface area contributed by atoms with E-state index in [2.05, 4.69) is 4.98 Å². The number of allylic oxidation sites excluding steroid dienone is 2. The first-order chi connectivity index (χ1) is 10.4. The molecule has 2 nitrogen and oxygen atoms in total. The third kappa shape index (κ3) is 6.22. The molecule has 0 aromatic carbocycles. The van der Waals surface area contributed by atoms with Crippen molar-refractivity contribution in [3.63, 3.8) is 0 Å². The minimum absolute atomic E-state index is 0.152. The van der Waals surface area contributed by atoms with E-state index < -0.39 is 11.7 Å². The molecule has 1 heterocycles. The van der Waals surface area contributed by atoms with Gasteiger partial charge in [-0.1, -0.05) is 19.9 Å². The van der Waals surface area contributed by atoms with Crippen LogP contribution in [0.4, 0.5) is 13.2 Å². The predicted octanol–water partition coefficient (Wildman–Crippen LogP) is 5.14. The Morgan fingerprint density at radius 2 is 2.05 bits per heavy atom. The van der Waals surface area contributed by atoms with Crippen LogP contribution < -0.4 is 0 Å². The Kier molecular flexibility index (Phi) is 7.65. The van der Waals surface area contributed by atoms with E-state index in [0.717, 1.165) is 30.9 Å². The Balaban J connectivity index is 0.00000116. The first kappa shape index (κ1) is 18.7. The number of thioether (sulfide) groups is 1. The van der Waals surface area contributed by atoms with Gasteiger partial charge in [0.15, 0.2) is 5.78 Å². The lowest BCUT2D eigenvalue weighted by atomic mass is 9.91. The summed E-state index contributed by atoms with van der Waals surface area (Å²) in [6, 6.07) is 2.43. The molecule has 0 fully saturated rings. The van der Waals surface area contributed by atoms with Gasteiger partial charge in [0, 0.05) is 12.6 Å². The molecule has 0 saturated carbocycles. The Morgan fingerprint density at radius 1 is 1.32 bits per heavy atom. The van der Waals surface area contributed by atoms with Gasteiger partial charge in [-0.3, -0.25) is 4.79 Å². The predicted molar refractivity (Wildman–Crippen MR) is 82.8 cm³/mol. The van der Waals surface area contributed by atoms with Crippen LogP contribution in [-0.4, -0.2) is 16.5 Å². The summed E-state index contributed by atoms with van der Waals surface area (Å²) in [5.74, 6) is 1.25. The van der Waals surface area contributed by atoms with Crippen LogP contribution in [0.3, 0.4) is 0 Å². The number of alkyl halides is 3. The third-order valence-electron chi connectivity index (χ3n) is 3.10. The number of pyridine rings is 1. The maximum atomic E-state index is 12.4. The molecule has 1 unspecified atom stereocenters. The van der Waals surface area contributed by atoms with Gasteiger partial charge in [-0.05, 0) is 42.7 Å². The van der Waals surface area contributed by atoms with Gasteiger partial charge in [0.05, 0.1) is 10.6 Å². The average molecular weight is 331 g/mol. The minimum atomic E-state index is -4.34. The summed E-state index contributed by atoms with van der Waals surface area (Å²) < 4.78 is 37.1. The maximum Gasteiger partial charge on any atom is 0.417 e. The standard InChI is InChI=1S/C14H14F3NOS.C2H6/c15-14(16,17)11-4-5-13(18-9-11)20-7-6-10-2-1-3-12(19)8-10;1-2/h1,3-5,9-10H,2,6-8H2;1-2H3. The first-order valence-electron chi connectivity index (χ1n) is 7.30. The topological polar surface area (TPSA) is 30.0 Å². The number of halogens is 3. The number of carbonyl (C=O) groups is 1. The van der Waals surface area contributed by atoms with E-state index in [1.807, 2.05) is 19.9 Å². The van der Waals surface area contributed by atoms with E-state index in [-0.39, 0.29) is 5.78 Å². The van der Waals surface area contributed by atoms with Crippen LogP contribution in [0.25, 0.3) is 0 Å².